The number of carbonyl (C=O) groups is 3. The van der Waals surface area contributed by atoms with E-state index in [4.69, 9.17) is 4.98 Å². The van der Waals surface area contributed by atoms with Gasteiger partial charge in [0.2, 0.25) is 23.7 Å². The summed E-state index contributed by atoms with van der Waals surface area (Å²) in [4.78, 5) is 67.2. The zero-order valence-electron chi connectivity index (χ0n) is 34.5. The Balaban J connectivity index is 0.841. The summed E-state index contributed by atoms with van der Waals surface area (Å²) in [5, 5.41) is 6.23. The van der Waals surface area contributed by atoms with E-state index in [2.05, 4.69) is 45.1 Å². The van der Waals surface area contributed by atoms with Crippen LogP contribution in [0.15, 0.2) is 67.1 Å². The second-order valence-electron chi connectivity index (χ2n) is 15.4. The van der Waals surface area contributed by atoms with Gasteiger partial charge >= 0.3 is 10.2 Å². The molecule has 0 radical (unpaired) electrons. The molecule has 3 aliphatic heterocycles. The van der Waals surface area contributed by atoms with Gasteiger partial charge in [0.15, 0.2) is 5.82 Å². The summed E-state index contributed by atoms with van der Waals surface area (Å²) in [6, 6.07) is 13.8. The van der Waals surface area contributed by atoms with Crippen molar-refractivity contribution in [2.24, 2.45) is 5.92 Å². The lowest BCUT2D eigenvalue weighted by Gasteiger charge is -2.39. The summed E-state index contributed by atoms with van der Waals surface area (Å²) in [6.45, 7) is 7.72. The van der Waals surface area contributed by atoms with Gasteiger partial charge in [0.1, 0.15) is 11.6 Å². The molecule has 3 amide bonds. The third kappa shape index (κ3) is 9.21. The van der Waals surface area contributed by atoms with Crippen LogP contribution in [0.1, 0.15) is 49.1 Å². The van der Waals surface area contributed by atoms with Gasteiger partial charge in [0, 0.05) is 83.2 Å². The molecule has 4 aromatic heterocycles. The molecule has 0 unspecified atom stereocenters. The Bertz CT molecular complexity index is 2560. The molecule has 0 saturated carbocycles. The number of aryl methyl sites for hydroxylation is 1. The fourth-order valence-electron chi connectivity index (χ4n) is 7.87. The molecular formula is C42H47FN12O5S2. The van der Waals surface area contributed by atoms with Gasteiger partial charge in [-0.05, 0) is 68.1 Å². The second kappa shape index (κ2) is 18.1. The van der Waals surface area contributed by atoms with Crippen LogP contribution < -0.4 is 25.2 Å². The van der Waals surface area contributed by atoms with Crippen molar-refractivity contribution in [1.82, 2.24) is 39.4 Å². The van der Waals surface area contributed by atoms with Crippen molar-refractivity contribution in [3.63, 3.8) is 0 Å². The summed E-state index contributed by atoms with van der Waals surface area (Å²) in [5.74, 6) is 0.132. The van der Waals surface area contributed by atoms with E-state index >= 15 is 4.39 Å². The predicted molar refractivity (Wildman–Crippen MR) is 235 cm³/mol. The van der Waals surface area contributed by atoms with Crippen LogP contribution in [0.5, 0.6) is 0 Å². The number of halogens is 1. The second-order valence-corrected chi connectivity index (χ2v) is 18.4. The van der Waals surface area contributed by atoms with Gasteiger partial charge in [-0.15, -0.1) is 11.3 Å². The smallest absolute Gasteiger partial charge is 0.301 e. The maximum atomic E-state index is 15.9. The first-order chi connectivity index (χ1) is 29.9. The number of hydrogen-bond acceptors (Lipinski definition) is 14. The number of amides is 3. The van der Waals surface area contributed by atoms with Crippen LogP contribution in [-0.2, 0) is 24.6 Å². The highest BCUT2D eigenvalue weighted by Gasteiger charge is 2.32. The van der Waals surface area contributed by atoms with Crippen molar-refractivity contribution in [3.05, 3.63) is 83.5 Å². The summed E-state index contributed by atoms with van der Waals surface area (Å²) in [6.07, 6.45) is 7.37. The number of benzene rings is 1. The molecule has 1 aromatic carbocycles. The Labute approximate surface area is 363 Å². The van der Waals surface area contributed by atoms with Crippen LogP contribution in [0.3, 0.4) is 0 Å². The van der Waals surface area contributed by atoms with E-state index in [-0.39, 0.29) is 53.3 Å². The van der Waals surface area contributed by atoms with Crippen molar-refractivity contribution in [1.29, 1.82) is 0 Å². The van der Waals surface area contributed by atoms with Crippen LogP contribution in [0.2, 0.25) is 0 Å². The molecular weight excluding hydrogens is 836 g/mol. The van der Waals surface area contributed by atoms with E-state index in [9.17, 15) is 22.8 Å². The Morgan fingerprint density at radius 3 is 2.42 bits per heavy atom. The topological polar surface area (TPSA) is 199 Å². The minimum Gasteiger partial charge on any atom is -0.367 e. The van der Waals surface area contributed by atoms with Crippen LogP contribution >= 0.6 is 11.3 Å². The first-order valence-electron chi connectivity index (χ1n) is 20.5. The molecule has 0 spiro atoms. The lowest BCUT2D eigenvalue weighted by molar-refractivity contribution is -0.136. The summed E-state index contributed by atoms with van der Waals surface area (Å²) < 4.78 is 44.6. The predicted octanol–water partition coefficient (Wildman–Crippen LogP) is 4.94. The molecule has 3 aliphatic rings. The third-order valence-corrected chi connectivity index (χ3v) is 14.0. The van der Waals surface area contributed by atoms with Crippen LogP contribution in [0.25, 0.3) is 21.8 Å². The van der Waals surface area contributed by atoms with Crippen LogP contribution in [-0.4, -0.2) is 113 Å². The Morgan fingerprint density at radius 1 is 0.935 bits per heavy atom. The van der Waals surface area contributed by atoms with E-state index in [0.29, 0.717) is 79.2 Å². The maximum Gasteiger partial charge on any atom is 0.301 e. The Kier molecular flexibility index (Phi) is 12.4. The molecule has 17 nitrogen and oxygen atoms in total. The van der Waals surface area contributed by atoms with Gasteiger partial charge < -0.3 is 20.0 Å². The molecule has 324 valence electrons. The molecule has 1 atom stereocenters. The normalized spacial score (nSPS) is 17.6. The monoisotopic (exact) mass is 882 g/mol. The minimum absolute atomic E-state index is 0.0476. The molecule has 0 bridgehead atoms. The average Bonchev–Trinajstić information content (AvgIpc) is 3.68. The van der Waals surface area contributed by atoms with Crippen LogP contribution in [0.4, 0.5) is 33.3 Å². The van der Waals surface area contributed by atoms with Gasteiger partial charge in [0.05, 0.1) is 44.8 Å². The largest absolute Gasteiger partial charge is 0.367 e. The number of hydrogen-bond donors (Lipinski definition) is 3. The van der Waals surface area contributed by atoms with Crippen LogP contribution in [0, 0.1) is 18.7 Å². The summed E-state index contributed by atoms with van der Waals surface area (Å²) in [7, 11) is -2.54. The number of nitrogens with one attached hydrogen (secondary N) is 3. The fraction of sp³-hybridized carbons (Fsp3) is 0.381. The zero-order valence-corrected chi connectivity index (χ0v) is 36.2. The van der Waals surface area contributed by atoms with Gasteiger partial charge in [-0.3, -0.25) is 24.4 Å². The molecule has 62 heavy (non-hydrogen) atoms. The number of pyridine rings is 2. The van der Waals surface area contributed by atoms with E-state index in [1.54, 1.807) is 50.6 Å². The standard InChI is InChI=1S/C42H47FN12O5S2/c1-4-52(3)62(59,60)51-32-7-5-6-31(37(32)43)38-39(61-26(2)47-38)33-14-17-44-42(48-33)49-34-11-9-29(25-45-34)53-20-22-55(23-21-53)41(58)27-15-18-54(19-16-27)35-12-8-28(24-46-35)30-10-13-36(56)50-40(30)57/h5-9,11-12,14,17,24-25,27,30,51H,4,10,13,15-16,18-23H2,1-3H3,(H,50,56,57)(H,44,45,48,49)/t30-/m0/s1. The molecule has 3 N–H and O–H groups in total. The molecule has 3 fully saturated rings. The Morgan fingerprint density at radius 2 is 1.73 bits per heavy atom. The number of imide groups is 1. The fourth-order valence-corrected chi connectivity index (χ4v) is 9.71. The molecule has 5 aromatic rings. The molecule has 8 rings (SSSR count). The number of rotatable bonds is 12. The van der Waals surface area contributed by atoms with Gasteiger partial charge in [-0.1, -0.05) is 19.1 Å². The van der Waals surface area contributed by atoms with Crippen molar-refractivity contribution in [3.8, 4) is 21.8 Å². The quantitative estimate of drug-likeness (QED) is 0.143. The van der Waals surface area contributed by atoms with Crippen molar-refractivity contribution in [2.45, 2.75) is 45.4 Å². The number of anilines is 5. The average molecular weight is 883 g/mol. The number of aromatic nitrogens is 5. The number of piperazine rings is 1. The number of piperidine rings is 2. The van der Waals surface area contributed by atoms with E-state index < -0.39 is 16.0 Å². The molecule has 3 saturated heterocycles. The SMILES string of the molecule is CCN(C)S(=O)(=O)Nc1cccc(-c2nc(C)sc2-c2ccnc(Nc3ccc(N4CCN(C(=O)C5CCN(c6ccc([C@@H]7CCC(=O)NC7=O)cn6)CC5)CC4)cn3)n2)c1F. The lowest BCUT2D eigenvalue weighted by atomic mass is 9.91. The zero-order chi connectivity index (χ0) is 43.5. The highest BCUT2D eigenvalue weighted by molar-refractivity contribution is 7.90. The van der Waals surface area contributed by atoms with E-state index in [1.807, 2.05) is 29.2 Å². The van der Waals surface area contributed by atoms with Crippen molar-refractivity contribution < 1.29 is 27.2 Å². The van der Waals surface area contributed by atoms with E-state index in [1.165, 1.54) is 24.5 Å². The number of nitrogens with zero attached hydrogens (tertiary/aromatic N) is 9. The highest BCUT2D eigenvalue weighted by Crippen LogP contribution is 2.39. The molecule has 7 heterocycles. The minimum atomic E-state index is -3.95. The van der Waals surface area contributed by atoms with Gasteiger partial charge in [0.25, 0.3) is 0 Å². The van der Waals surface area contributed by atoms with Crippen molar-refractivity contribution >= 4 is 68.2 Å². The third-order valence-electron chi connectivity index (χ3n) is 11.5. The highest BCUT2D eigenvalue weighted by atomic mass is 32.2. The van der Waals surface area contributed by atoms with Crippen molar-refractivity contribution in [2.75, 3.05) is 72.7 Å². The first-order valence-corrected chi connectivity index (χ1v) is 22.8. The van der Waals surface area contributed by atoms with Gasteiger partial charge in [-0.2, -0.15) is 12.7 Å². The number of thiazole rings is 1. The van der Waals surface area contributed by atoms with E-state index in [0.717, 1.165) is 34.2 Å². The molecule has 0 aliphatic carbocycles. The first kappa shape index (κ1) is 42.6. The lowest BCUT2D eigenvalue weighted by Crippen LogP contribution is -2.51. The Hall–Kier alpha value is -6.12. The maximum absolute atomic E-state index is 15.9. The van der Waals surface area contributed by atoms with Gasteiger partial charge in [-0.25, -0.2) is 29.3 Å². The number of carbonyl (C=O) groups excluding carboxylic acids is 3. The summed E-state index contributed by atoms with van der Waals surface area (Å²) >= 11 is 1.34. The molecule has 20 heteroatoms. The summed E-state index contributed by atoms with van der Waals surface area (Å²) in [5.41, 5.74) is 2.51.